The first-order valence-electron chi connectivity index (χ1n) is 8.09. The highest BCUT2D eigenvalue weighted by molar-refractivity contribution is 5.79. The van der Waals surface area contributed by atoms with Gasteiger partial charge in [-0.1, -0.05) is 11.6 Å². The van der Waals surface area contributed by atoms with E-state index in [1.807, 2.05) is 6.92 Å². The third-order valence-electron chi connectivity index (χ3n) is 3.69. The third kappa shape index (κ3) is 5.47. The van der Waals surface area contributed by atoms with Gasteiger partial charge in [-0.15, -0.1) is 0 Å². The molecule has 0 unspecified atom stereocenters. The van der Waals surface area contributed by atoms with Gasteiger partial charge in [-0.05, 0) is 51.2 Å². The Bertz CT molecular complexity index is 525. The van der Waals surface area contributed by atoms with E-state index in [0.717, 1.165) is 19.5 Å². The van der Waals surface area contributed by atoms with Crippen LogP contribution in [0, 0.1) is 5.82 Å². The summed E-state index contributed by atoms with van der Waals surface area (Å²) in [4.78, 5) is 8.42. The molecule has 0 amide bonds. The minimum absolute atomic E-state index is 0.241. The van der Waals surface area contributed by atoms with Gasteiger partial charge in [-0.3, -0.25) is 4.98 Å². The number of hydrogen-bond acceptors (Lipinski definition) is 2. The summed E-state index contributed by atoms with van der Waals surface area (Å²) in [5.41, 5.74) is 1.90. The molecule has 0 aliphatic heterocycles. The fraction of sp³-hybridized carbons (Fsp3) is 0.529. The number of allylic oxidation sites excluding steroid dienone is 1. The average molecular weight is 304 g/mol. The van der Waals surface area contributed by atoms with Crippen LogP contribution in [0.5, 0.6) is 0 Å². The molecule has 2 rings (SSSR count). The van der Waals surface area contributed by atoms with E-state index in [1.54, 1.807) is 12.3 Å². The number of guanidine groups is 1. The first-order chi connectivity index (χ1) is 10.8. The number of nitrogens with one attached hydrogen (secondary N) is 2. The summed E-state index contributed by atoms with van der Waals surface area (Å²) in [6.07, 6.45) is 10.0. The Hall–Kier alpha value is -1.91. The van der Waals surface area contributed by atoms with E-state index in [9.17, 15) is 4.39 Å². The molecule has 0 aromatic carbocycles. The number of aromatic nitrogens is 1. The Morgan fingerprint density at radius 1 is 1.36 bits per heavy atom. The number of rotatable bonds is 6. The molecule has 4 nitrogen and oxygen atoms in total. The van der Waals surface area contributed by atoms with E-state index in [-0.39, 0.29) is 12.4 Å². The first kappa shape index (κ1) is 16.5. The maximum atomic E-state index is 13.5. The lowest BCUT2D eigenvalue weighted by Gasteiger charge is -2.15. The van der Waals surface area contributed by atoms with Crippen LogP contribution >= 0.6 is 0 Å². The summed E-state index contributed by atoms with van der Waals surface area (Å²) in [6.45, 7) is 3.88. The molecule has 2 N–H and O–H groups in total. The van der Waals surface area contributed by atoms with Crippen molar-refractivity contribution in [2.75, 3.05) is 13.1 Å². The van der Waals surface area contributed by atoms with Crippen molar-refractivity contribution in [1.29, 1.82) is 0 Å². The molecule has 0 radical (unpaired) electrons. The molecule has 120 valence electrons. The molecule has 1 aromatic heterocycles. The van der Waals surface area contributed by atoms with Crippen molar-refractivity contribution in [3.63, 3.8) is 0 Å². The van der Waals surface area contributed by atoms with E-state index < -0.39 is 0 Å². The van der Waals surface area contributed by atoms with Crippen LogP contribution in [0.2, 0.25) is 0 Å². The highest BCUT2D eigenvalue weighted by Gasteiger charge is 2.05. The molecule has 0 saturated carbocycles. The summed E-state index contributed by atoms with van der Waals surface area (Å²) < 4.78 is 13.5. The van der Waals surface area contributed by atoms with Crippen molar-refractivity contribution in [2.24, 2.45) is 4.99 Å². The average Bonchev–Trinajstić information content (AvgIpc) is 2.55. The first-order valence-corrected chi connectivity index (χ1v) is 8.09. The van der Waals surface area contributed by atoms with Crippen LogP contribution in [0.4, 0.5) is 4.39 Å². The lowest BCUT2D eigenvalue weighted by atomic mass is 9.97. The Labute approximate surface area is 131 Å². The van der Waals surface area contributed by atoms with Crippen LogP contribution < -0.4 is 10.6 Å². The SMILES string of the molecule is CCNC(=NCc1ncccc1F)NCCC1=CCCCC1. The summed E-state index contributed by atoms with van der Waals surface area (Å²) in [5.74, 6) is 0.401. The number of hydrogen-bond donors (Lipinski definition) is 2. The van der Waals surface area contributed by atoms with Gasteiger partial charge >= 0.3 is 0 Å². The molecule has 0 saturated heterocycles. The molecule has 0 fully saturated rings. The molecule has 0 bridgehead atoms. The van der Waals surface area contributed by atoms with Crippen LogP contribution in [0.1, 0.15) is 44.7 Å². The van der Waals surface area contributed by atoms with Crippen LogP contribution in [-0.4, -0.2) is 24.0 Å². The molecule has 1 aromatic rings. The molecular weight excluding hydrogens is 279 g/mol. The standard InChI is InChI=1S/C17H25FN4/c1-2-19-17(21-12-10-14-7-4-3-5-8-14)22-13-16-15(18)9-6-11-20-16/h6-7,9,11H,2-5,8,10,12-13H2,1H3,(H2,19,21,22). The van der Waals surface area contributed by atoms with Crippen LogP contribution in [0.25, 0.3) is 0 Å². The second kappa shape index (κ2) is 9.18. The van der Waals surface area contributed by atoms with E-state index in [2.05, 4.69) is 26.7 Å². The normalized spacial score (nSPS) is 15.4. The van der Waals surface area contributed by atoms with Crippen molar-refractivity contribution in [3.8, 4) is 0 Å². The van der Waals surface area contributed by atoms with Crippen LogP contribution in [0.3, 0.4) is 0 Å². The van der Waals surface area contributed by atoms with Gasteiger partial charge in [0.25, 0.3) is 0 Å². The molecular formula is C17H25FN4. The zero-order valence-electron chi connectivity index (χ0n) is 13.2. The highest BCUT2D eigenvalue weighted by Crippen LogP contribution is 2.19. The molecule has 1 aliphatic carbocycles. The Kier molecular flexibility index (Phi) is 6.87. The number of halogens is 1. The second-order valence-corrected chi connectivity index (χ2v) is 5.41. The van der Waals surface area contributed by atoms with Crippen molar-refractivity contribution >= 4 is 5.96 Å². The summed E-state index contributed by atoms with van der Waals surface area (Å²) in [6, 6.07) is 3.00. The van der Waals surface area contributed by atoms with Crippen molar-refractivity contribution in [2.45, 2.75) is 45.6 Å². The third-order valence-corrected chi connectivity index (χ3v) is 3.69. The van der Waals surface area contributed by atoms with Gasteiger partial charge in [0.05, 0.1) is 12.2 Å². The summed E-state index contributed by atoms with van der Waals surface area (Å²) in [7, 11) is 0. The van der Waals surface area contributed by atoms with E-state index >= 15 is 0 Å². The minimum atomic E-state index is -0.311. The van der Waals surface area contributed by atoms with Crippen molar-refractivity contribution in [1.82, 2.24) is 15.6 Å². The lowest BCUT2D eigenvalue weighted by molar-refractivity contribution is 0.599. The van der Waals surface area contributed by atoms with E-state index in [0.29, 0.717) is 11.7 Å². The van der Waals surface area contributed by atoms with Crippen molar-refractivity contribution in [3.05, 3.63) is 41.5 Å². The maximum Gasteiger partial charge on any atom is 0.191 e. The predicted molar refractivity (Wildman–Crippen MR) is 88.2 cm³/mol. The Morgan fingerprint density at radius 2 is 2.27 bits per heavy atom. The van der Waals surface area contributed by atoms with Gasteiger partial charge < -0.3 is 10.6 Å². The molecule has 5 heteroatoms. The van der Waals surface area contributed by atoms with Crippen LogP contribution in [0.15, 0.2) is 35.0 Å². The zero-order valence-corrected chi connectivity index (χ0v) is 13.2. The summed E-state index contributed by atoms with van der Waals surface area (Å²) in [5, 5.41) is 6.48. The quantitative estimate of drug-likeness (QED) is 0.482. The number of nitrogens with zero attached hydrogens (tertiary/aromatic N) is 2. The predicted octanol–water partition coefficient (Wildman–Crippen LogP) is 3.17. The van der Waals surface area contributed by atoms with Gasteiger partial charge in [0, 0.05) is 19.3 Å². The summed E-state index contributed by atoms with van der Waals surface area (Å²) >= 11 is 0. The van der Waals surface area contributed by atoms with Gasteiger partial charge in [-0.25, -0.2) is 9.38 Å². The Morgan fingerprint density at radius 3 is 3.00 bits per heavy atom. The second-order valence-electron chi connectivity index (χ2n) is 5.41. The van der Waals surface area contributed by atoms with Gasteiger partial charge in [0.2, 0.25) is 0 Å². The monoisotopic (exact) mass is 304 g/mol. The van der Waals surface area contributed by atoms with Crippen molar-refractivity contribution < 1.29 is 4.39 Å². The molecule has 1 heterocycles. The lowest BCUT2D eigenvalue weighted by Crippen LogP contribution is -2.37. The largest absolute Gasteiger partial charge is 0.357 e. The van der Waals surface area contributed by atoms with Gasteiger partial charge in [-0.2, -0.15) is 0 Å². The highest BCUT2D eigenvalue weighted by atomic mass is 19.1. The topological polar surface area (TPSA) is 49.3 Å². The fourth-order valence-electron chi connectivity index (χ4n) is 2.50. The zero-order chi connectivity index (χ0) is 15.6. The molecule has 0 atom stereocenters. The Balaban J connectivity index is 1.84. The molecule has 1 aliphatic rings. The van der Waals surface area contributed by atoms with E-state index in [1.165, 1.54) is 37.3 Å². The van der Waals surface area contributed by atoms with Gasteiger partial charge in [0.15, 0.2) is 5.96 Å². The number of aliphatic imine (C=N–C) groups is 1. The fourth-order valence-corrected chi connectivity index (χ4v) is 2.50. The number of pyridine rings is 1. The van der Waals surface area contributed by atoms with E-state index in [4.69, 9.17) is 0 Å². The maximum absolute atomic E-state index is 13.5. The van der Waals surface area contributed by atoms with Crippen LogP contribution in [-0.2, 0) is 6.54 Å². The smallest absolute Gasteiger partial charge is 0.191 e. The van der Waals surface area contributed by atoms with Gasteiger partial charge in [0.1, 0.15) is 5.82 Å². The minimum Gasteiger partial charge on any atom is -0.357 e. The molecule has 0 spiro atoms. The molecule has 22 heavy (non-hydrogen) atoms.